The number of nitrogens with one attached hydrogen (secondary N) is 2. The Hall–Kier alpha value is -2.04. The lowest BCUT2D eigenvalue weighted by Gasteiger charge is -2.17. The van der Waals surface area contributed by atoms with Crippen molar-refractivity contribution in [1.82, 2.24) is 10.6 Å². The third-order valence-electron chi connectivity index (χ3n) is 3.26. The zero-order chi connectivity index (χ0) is 16.8. The fraction of sp³-hybridized carbons (Fsp3) is 0.529. The maximum Gasteiger partial charge on any atom is 0.258 e. The highest BCUT2D eigenvalue weighted by atomic mass is 16.5. The van der Waals surface area contributed by atoms with Gasteiger partial charge in [-0.1, -0.05) is 26.8 Å². The molecule has 0 aliphatic rings. The van der Waals surface area contributed by atoms with Crippen LogP contribution >= 0.6 is 0 Å². The molecule has 0 bridgehead atoms. The maximum atomic E-state index is 11.7. The molecule has 1 aromatic rings. The van der Waals surface area contributed by atoms with Crippen LogP contribution in [0.2, 0.25) is 0 Å². The van der Waals surface area contributed by atoms with E-state index in [1.54, 1.807) is 0 Å². The summed E-state index contributed by atoms with van der Waals surface area (Å²) in [7, 11) is 0. The highest BCUT2D eigenvalue weighted by Crippen LogP contribution is 2.16. The molecule has 0 fully saturated rings. The summed E-state index contributed by atoms with van der Waals surface area (Å²) in [5, 5.41) is 5.48. The molecule has 2 amide bonds. The first-order valence-corrected chi connectivity index (χ1v) is 7.45. The van der Waals surface area contributed by atoms with Gasteiger partial charge in [0, 0.05) is 18.5 Å². The fourth-order valence-electron chi connectivity index (χ4n) is 1.65. The van der Waals surface area contributed by atoms with Crippen LogP contribution in [0.4, 0.5) is 0 Å². The molecule has 0 saturated carbocycles. The second-order valence-electron chi connectivity index (χ2n) is 6.39. The molecule has 5 nitrogen and oxygen atoms in total. The highest BCUT2D eigenvalue weighted by Gasteiger charge is 2.20. The van der Waals surface area contributed by atoms with Crippen LogP contribution in [0, 0.1) is 19.3 Å². The first kappa shape index (κ1) is 18.0. The van der Waals surface area contributed by atoms with Crippen LogP contribution in [0.1, 0.15) is 31.9 Å². The van der Waals surface area contributed by atoms with Gasteiger partial charge in [0.2, 0.25) is 5.91 Å². The number of aryl methyl sites for hydroxylation is 2. The second-order valence-corrected chi connectivity index (χ2v) is 6.39. The van der Waals surface area contributed by atoms with E-state index in [2.05, 4.69) is 10.6 Å². The van der Waals surface area contributed by atoms with Crippen LogP contribution < -0.4 is 15.4 Å². The van der Waals surface area contributed by atoms with Crippen molar-refractivity contribution in [3.05, 3.63) is 29.3 Å². The van der Waals surface area contributed by atoms with E-state index in [0.717, 1.165) is 5.56 Å². The molecule has 0 aliphatic heterocycles. The quantitative estimate of drug-likeness (QED) is 0.790. The van der Waals surface area contributed by atoms with E-state index in [9.17, 15) is 9.59 Å². The Morgan fingerprint density at radius 3 is 2.27 bits per heavy atom. The number of carbonyl (C=O) groups excluding carboxylic acids is 2. The largest absolute Gasteiger partial charge is 0.484 e. The van der Waals surface area contributed by atoms with Crippen molar-refractivity contribution in [2.24, 2.45) is 5.41 Å². The Morgan fingerprint density at radius 1 is 1.05 bits per heavy atom. The van der Waals surface area contributed by atoms with Gasteiger partial charge in [0.05, 0.1) is 0 Å². The minimum absolute atomic E-state index is 0.0320. The predicted octanol–water partition coefficient (Wildman–Crippen LogP) is 1.96. The molecule has 22 heavy (non-hydrogen) atoms. The van der Waals surface area contributed by atoms with Gasteiger partial charge in [0.15, 0.2) is 6.61 Å². The predicted molar refractivity (Wildman–Crippen MR) is 86.9 cm³/mol. The molecule has 0 heterocycles. The van der Waals surface area contributed by atoms with Gasteiger partial charge in [-0.2, -0.15) is 0 Å². The molecular weight excluding hydrogens is 280 g/mol. The number of amides is 2. The van der Waals surface area contributed by atoms with Gasteiger partial charge in [0.1, 0.15) is 5.75 Å². The molecule has 1 rings (SSSR count). The summed E-state index contributed by atoms with van der Waals surface area (Å²) in [6.45, 7) is 10.3. The molecule has 0 unspecified atom stereocenters. The Bertz CT molecular complexity index is 533. The van der Waals surface area contributed by atoms with Crippen LogP contribution in [0.3, 0.4) is 0 Å². The normalized spacial score (nSPS) is 11.0. The summed E-state index contributed by atoms with van der Waals surface area (Å²) in [6, 6.07) is 5.72. The molecule has 0 saturated heterocycles. The molecule has 1 aromatic carbocycles. The molecule has 5 heteroatoms. The minimum atomic E-state index is -0.420. The first-order valence-electron chi connectivity index (χ1n) is 7.45. The summed E-state index contributed by atoms with van der Waals surface area (Å²) in [4.78, 5) is 23.3. The van der Waals surface area contributed by atoms with Crippen molar-refractivity contribution >= 4 is 11.8 Å². The third kappa shape index (κ3) is 6.16. The number of carbonyl (C=O) groups is 2. The van der Waals surface area contributed by atoms with Crippen molar-refractivity contribution in [3.8, 4) is 5.75 Å². The van der Waals surface area contributed by atoms with Crippen LogP contribution in [0.25, 0.3) is 0 Å². The molecule has 0 aliphatic carbocycles. The number of hydrogen-bond donors (Lipinski definition) is 2. The average Bonchev–Trinajstić information content (AvgIpc) is 2.43. The van der Waals surface area contributed by atoms with Gasteiger partial charge < -0.3 is 15.4 Å². The highest BCUT2D eigenvalue weighted by molar-refractivity contribution is 5.81. The average molecular weight is 306 g/mol. The van der Waals surface area contributed by atoms with Crippen molar-refractivity contribution < 1.29 is 14.3 Å². The van der Waals surface area contributed by atoms with Gasteiger partial charge in [-0.15, -0.1) is 0 Å². The molecular formula is C17H26N2O3. The minimum Gasteiger partial charge on any atom is -0.484 e. The van der Waals surface area contributed by atoms with Crippen LogP contribution in [-0.2, 0) is 9.59 Å². The van der Waals surface area contributed by atoms with E-state index in [1.165, 1.54) is 5.56 Å². The van der Waals surface area contributed by atoms with E-state index in [-0.39, 0.29) is 18.4 Å². The molecule has 0 atom stereocenters. The van der Waals surface area contributed by atoms with E-state index in [1.807, 2.05) is 52.8 Å². The van der Waals surface area contributed by atoms with Gasteiger partial charge >= 0.3 is 0 Å². The maximum absolute atomic E-state index is 11.7. The van der Waals surface area contributed by atoms with E-state index in [4.69, 9.17) is 4.74 Å². The van der Waals surface area contributed by atoms with Crippen molar-refractivity contribution in [3.63, 3.8) is 0 Å². The Balaban J connectivity index is 2.24. The summed E-state index contributed by atoms with van der Waals surface area (Å²) in [5.74, 6) is 0.440. The summed E-state index contributed by atoms with van der Waals surface area (Å²) < 4.78 is 5.44. The zero-order valence-corrected chi connectivity index (χ0v) is 14.1. The summed E-state index contributed by atoms with van der Waals surface area (Å²) in [5.41, 5.74) is 1.89. The van der Waals surface area contributed by atoms with Crippen molar-refractivity contribution in [1.29, 1.82) is 0 Å². The third-order valence-corrected chi connectivity index (χ3v) is 3.26. The smallest absolute Gasteiger partial charge is 0.258 e. The zero-order valence-electron chi connectivity index (χ0n) is 14.1. The Kier molecular flexibility index (Phi) is 6.40. The monoisotopic (exact) mass is 306 g/mol. The summed E-state index contributed by atoms with van der Waals surface area (Å²) in [6.07, 6.45) is 0. The lowest BCUT2D eigenvalue weighted by molar-refractivity contribution is -0.128. The number of rotatable bonds is 6. The Morgan fingerprint density at radius 2 is 1.68 bits per heavy atom. The van der Waals surface area contributed by atoms with E-state index >= 15 is 0 Å². The first-order chi connectivity index (χ1) is 10.2. The lowest BCUT2D eigenvalue weighted by Crippen LogP contribution is -2.40. The van der Waals surface area contributed by atoms with Gasteiger partial charge in [0.25, 0.3) is 5.91 Å². The van der Waals surface area contributed by atoms with Gasteiger partial charge in [-0.3, -0.25) is 9.59 Å². The standard InChI is InChI=1S/C17H26N2O3/c1-12-6-7-14(10-13(12)2)22-11-15(20)18-8-9-19-16(21)17(3,4)5/h6-7,10H,8-9,11H2,1-5H3,(H,18,20)(H,19,21). The fourth-order valence-corrected chi connectivity index (χ4v) is 1.65. The van der Waals surface area contributed by atoms with Crippen molar-refractivity contribution in [2.75, 3.05) is 19.7 Å². The number of ether oxygens (including phenoxy) is 1. The molecule has 0 radical (unpaired) electrons. The SMILES string of the molecule is Cc1ccc(OCC(=O)NCCNC(=O)C(C)(C)C)cc1C. The molecule has 2 N–H and O–H groups in total. The van der Waals surface area contributed by atoms with Crippen LogP contribution in [0.15, 0.2) is 18.2 Å². The molecule has 122 valence electrons. The lowest BCUT2D eigenvalue weighted by atomic mass is 9.96. The van der Waals surface area contributed by atoms with Crippen LogP contribution in [-0.4, -0.2) is 31.5 Å². The topological polar surface area (TPSA) is 67.4 Å². The summed E-state index contributed by atoms with van der Waals surface area (Å²) >= 11 is 0. The molecule has 0 aromatic heterocycles. The number of benzene rings is 1. The molecule has 0 spiro atoms. The van der Waals surface area contributed by atoms with Gasteiger partial charge in [-0.25, -0.2) is 0 Å². The van der Waals surface area contributed by atoms with Crippen LogP contribution in [0.5, 0.6) is 5.75 Å². The van der Waals surface area contributed by atoms with E-state index < -0.39 is 5.41 Å². The number of hydrogen-bond acceptors (Lipinski definition) is 3. The van der Waals surface area contributed by atoms with Gasteiger partial charge in [-0.05, 0) is 37.1 Å². The van der Waals surface area contributed by atoms with Crippen molar-refractivity contribution in [2.45, 2.75) is 34.6 Å². The van der Waals surface area contributed by atoms with E-state index in [0.29, 0.717) is 18.8 Å². The second kappa shape index (κ2) is 7.82. The Labute approximate surface area is 132 Å².